The molecule has 1 heterocycles. The molecule has 7 nitrogen and oxygen atoms in total. The van der Waals surface area contributed by atoms with E-state index in [0.29, 0.717) is 19.1 Å². The van der Waals surface area contributed by atoms with Crippen molar-refractivity contribution in [2.75, 3.05) is 40.9 Å². The molecule has 1 atom stereocenters. The summed E-state index contributed by atoms with van der Waals surface area (Å²) in [5.74, 6) is 1.44. The number of nitrogens with zero attached hydrogens (tertiary/aromatic N) is 2. The van der Waals surface area contributed by atoms with Gasteiger partial charge in [0.05, 0.1) is 12.9 Å². The zero-order valence-electron chi connectivity index (χ0n) is 13.8. The van der Waals surface area contributed by atoms with E-state index in [1.54, 1.807) is 27.5 Å². The van der Waals surface area contributed by atoms with Crippen molar-refractivity contribution in [1.29, 1.82) is 0 Å². The molecule has 1 amide bonds. The van der Waals surface area contributed by atoms with E-state index >= 15 is 0 Å². The number of hydrogen-bond acceptors (Lipinski definition) is 4. The molecule has 0 saturated carbocycles. The highest BCUT2D eigenvalue weighted by Gasteiger charge is 2.08. The van der Waals surface area contributed by atoms with Crippen LogP contribution >= 0.6 is 0 Å². The first kappa shape index (κ1) is 18.0. The molecule has 0 aliphatic rings. The molecule has 0 radical (unpaired) electrons. The van der Waals surface area contributed by atoms with E-state index in [0.717, 1.165) is 12.2 Å². The van der Waals surface area contributed by atoms with Gasteiger partial charge in [0.1, 0.15) is 12.3 Å². The molecule has 1 rings (SSSR count). The third kappa shape index (κ3) is 7.12. The van der Waals surface area contributed by atoms with Crippen LogP contribution in [-0.2, 0) is 16.0 Å². The Morgan fingerprint density at radius 2 is 2.27 bits per heavy atom. The molecule has 1 aromatic heterocycles. The van der Waals surface area contributed by atoms with Crippen LogP contribution in [-0.4, -0.2) is 63.7 Å². The molecular formula is C15H26N4O3. The van der Waals surface area contributed by atoms with Crippen molar-refractivity contribution in [3.8, 4) is 0 Å². The zero-order chi connectivity index (χ0) is 16.4. The lowest BCUT2D eigenvalue weighted by atomic mass is 10.3. The van der Waals surface area contributed by atoms with Crippen molar-refractivity contribution in [3.63, 3.8) is 0 Å². The third-order valence-corrected chi connectivity index (χ3v) is 2.91. The van der Waals surface area contributed by atoms with Crippen LogP contribution in [0.4, 0.5) is 0 Å². The fourth-order valence-corrected chi connectivity index (χ4v) is 1.72. The second-order valence-electron chi connectivity index (χ2n) is 5.21. The number of nitrogens with one attached hydrogen (secondary N) is 2. The summed E-state index contributed by atoms with van der Waals surface area (Å²) in [6.07, 6.45) is 2.40. The average molecular weight is 310 g/mol. The lowest BCUT2D eigenvalue weighted by Crippen LogP contribution is -2.45. The summed E-state index contributed by atoms with van der Waals surface area (Å²) < 4.78 is 10.4. The molecule has 1 aromatic rings. The van der Waals surface area contributed by atoms with Gasteiger partial charge >= 0.3 is 0 Å². The maximum atomic E-state index is 11.6. The van der Waals surface area contributed by atoms with Gasteiger partial charge in [-0.3, -0.25) is 4.79 Å². The number of furan rings is 1. The number of carbonyl (C=O) groups is 1. The summed E-state index contributed by atoms with van der Waals surface area (Å²) in [4.78, 5) is 17.5. The molecule has 0 aromatic carbocycles. The molecule has 0 spiro atoms. The Hall–Kier alpha value is -2.02. The molecule has 0 aliphatic carbocycles. The number of rotatable bonds is 8. The molecule has 124 valence electrons. The highest BCUT2D eigenvalue weighted by Crippen LogP contribution is 1.99. The quantitative estimate of drug-likeness (QED) is 0.539. The summed E-state index contributed by atoms with van der Waals surface area (Å²) in [5.41, 5.74) is 0. The van der Waals surface area contributed by atoms with Gasteiger partial charge in [0, 0.05) is 40.2 Å². The third-order valence-electron chi connectivity index (χ3n) is 2.91. The number of carbonyl (C=O) groups excluding carboxylic acids is 1. The summed E-state index contributed by atoms with van der Waals surface area (Å²) in [6.45, 7) is 3.31. The molecule has 0 bridgehead atoms. The van der Waals surface area contributed by atoms with Crippen LogP contribution in [0.5, 0.6) is 0 Å². The minimum atomic E-state index is -0.0495. The summed E-state index contributed by atoms with van der Waals surface area (Å²) in [7, 11) is 5.07. The number of aliphatic imine (C=N–C) groups is 1. The van der Waals surface area contributed by atoms with Crippen molar-refractivity contribution < 1.29 is 13.9 Å². The second-order valence-corrected chi connectivity index (χ2v) is 5.21. The summed E-state index contributed by atoms with van der Waals surface area (Å²) in [6, 6.07) is 3.88. The van der Waals surface area contributed by atoms with Gasteiger partial charge < -0.3 is 24.7 Å². The maximum absolute atomic E-state index is 11.6. The maximum Gasteiger partial charge on any atom is 0.243 e. The van der Waals surface area contributed by atoms with Gasteiger partial charge in [-0.25, -0.2) is 4.99 Å². The SMILES string of the molecule is COCC(C)NC(=NCC(=O)N(C)C)NCCc1ccco1. The minimum absolute atomic E-state index is 0.0495. The molecule has 0 aliphatic heterocycles. The lowest BCUT2D eigenvalue weighted by Gasteiger charge is -2.18. The number of ether oxygens (including phenoxy) is 1. The Bertz CT molecular complexity index is 457. The molecular weight excluding hydrogens is 284 g/mol. The van der Waals surface area contributed by atoms with Crippen LogP contribution in [0.1, 0.15) is 12.7 Å². The van der Waals surface area contributed by atoms with Crippen LogP contribution in [0, 0.1) is 0 Å². The van der Waals surface area contributed by atoms with Gasteiger partial charge in [-0.1, -0.05) is 0 Å². The second kappa shape index (κ2) is 9.83. The number of guanidine groups is 1. The van der Waals surface area contributed by atoms with Gasteiger partial charge in [0.25, 0.3) is 0 Å². The molecule has 0 saturated heterocycles. The smallest absolute Gasteiger partial charge is 0.243 e. The van der Waals surface area contributed by atoms with Gasteiger partial charge in [0.15, 0.2) is 5.96 Å². The molecule has 7 heteroatoms. The molecule has 22 heavy (non-hydrogen) atoms. The Balaban J connectivity index is 2.52. The fraction of sp³-hybridized carbons (Fsp3) is 0.600. The Morgan fingerprint density at radius 1 is 1.50 bits per heavy atom. The van der Waals surface area contributed by atoms with Crippen LogP contribution in [0.15, 0.2) is 27.8 Å². The van der Waals surface area contributed by atoms with E-state index in [4.69, 9.17) is 9.15 Å². The van der Waals surface area contributed by atoms with Gasteiger partial charge in [-0.2, -0.15) is 0 Å². The first-order chi connectivity index (χ1) is 10.5. The fourth-order valence-electron chi connectivity index (χ4n) is 1.72. The summed E-state index contributed by atoms with van der Waals surface area (Å²) in [5, 5.41) is 6.40. The van der Waals surface area contributed by atoms with Crippen molar-refractivity contribution in [2.45, 2.75) is 19.4 Å². The first-order valence-electron chi connectivity index (χ1n) is 7.29. The first-order valence-corrected chi connectivity index (χ1v) is 7.29. The largest absolute Gasteiger partial charge is 0.469 e. The van der Waals surface area contributed by atoms with E-state index in [1.165, 1.54) is 4.90 Å². The monoisotopic (exact) mass is 310 g/mol. The van der Waals surface area contributed by atoms with Crippen molar-refractivity contribution in [1.82, 2.24) is 15.5 Å². The van der Waals surface area contributed by atoms with Crippen LogP contribution < -0.4 is 10.6 Å². The Labute approximate surface area is 131 Å². The van der Waals surface area contributed by atoms with E-state index in [2.05, 4.69) is 15.6 Å². The van der Waals surface area contributed by atoms with E-state index in [-0.39, 0.29) is 18.5 Å². The number of likely N-dealkylation sites (N-methyl/N-ethyl adjacent to an activating group) is 1. The highest BCUT2D eigenvalue weighted by atomic mass is 16.5. The zero-order valence-corrected chi connectivity index (χ0v) is 13.8. The lowest BCUT2D eigenvalue weighted by molar-refractivity contribution is -0.127. The molecule has 2 N–H and O–H groups in total. The van der Waals surface area contributed by atoms with Crippen molar-refractivity contribution in [3.05, 3.63) is 24.2 Å². The Kier molecular flexibility index (Phi) is 8.06. The van der Waals surface area contributed by atoms with Crippen molar-refractivity contribution >= 4 is 11.9 Å². The van der Waals surface area contributed by atoms with Crippen molar-refractivity contribution in [2.24, 2.45) is 4.99 Å². The van der Waals surface area contributed by atoms with Crippen LogP contribution in [0.2, 0.25) is 0 Å². The van der Waals surface area contributed by atoms with Gasteiger partial charge in [-0.15, -0.1) is 0 Å². The predicted molar refractivity (Wildman–Crippen MR) is 85.9 cm³/mol. The summed E-state index contributed by atoms with van der Waals surface area (Å²) >= 11 is 0. The van der Waals surface area contributed by atoms with Crippen LogP contribution in [0.3, 0.4) is 0 Å². The van der Waals surface area contributed by atoms with Gasteiger partial charge in [0.2, 0.25) is 5.91 Å². The van der Waals surface area contributed by atoms with E-state index in [1.807, 2.05) is 19.1 Å². The average Bonchev–Trinajstić information content (AvgIpc) is 2.97. The van der Waals surface area contributed by atoms with E-state index in [9.17, 15) is 4.79 Å². The number of hydrogen-bond donors (Lipinski definition) is 2. The normalized spacial score (nSPS) is 12.8. The van der Waals surface area contributed by atoms with Gasteiger partial charge in [-0.05, 0) is 19.1 Å². The minimum Gasteiger partial charge on any atom is -0.469 e. The highest BCUT2D eigenvalue weighted by molar-refractivity contribution is 5.84. The molecule has 0 fully saturated rings. The number of methoxy groups -OCH3 is 1. The van der Waals surface area contributed by atoms with Crippen LogP contribution in [0.25, 0.3) is 0 Å². The predicted octanol–water partition coefficient (Wildman–Crippen LogP) is 0.480. The standard InChI is InChI=1S/C15H26N4O3/c1-12(11-21-4)18-15(17-10-14(20)19(2)3)16-8-7-13-6-5-9-22-13/h5-6,9,12H,7-8,10-11H2,1-4H3,(H2,16,17,18). The Morgan fingerprint density at radius 3 is 2.86 bits per heavy atom. The van der Waals surface area contributed by atoms with E-state index < -0.39 is 0 Å². The number of amides is 1. The topological polar surface area (TPSA) is 79.1 Å². The molecule has 1 unspecified atom stereocenters.